The molecule has 1 N–H and O–H groups in total. The summed E-state index contributed by atoms with van der Waals surface area (Å²) in [7, 11) is 0. The van der Waals surface area contributed by atoms with E-state index in [1.807, 2.05) is 30.5 Å². The van der Waals surface area contributed by atoms with Crippen molar-refractivity contribution >= 4 is 16.9 Å². The van der Waals surface area contributed by atoms with E-state index in [-0.39, 0.29) is 31.4 Å². The Kier molecular flexibility index (Phi) is 4.57. The van der Waals surface area contributed by atoms with Gasteiger partial charge in [0.05, 0.1) is 6.42 Å². The van der Waals surface area contributed by atoms with Gasteiger partial charge in [0.15, 0.2) is 11.6 Å². The van der Waals surface area contributed by atoms with Crippen molar-refractivity contribution in [2.75, 3.05) is 13.2 Å². The number of aromatic amines is 1. The van der Waals surface area contributed by atoms with Crippen molar-refractivity contribution in [1.82, 2.24) is 4.98 Å². The number of esters is 1. The average Bonchev–Trinajstić information content (AvgIpc) is 2.96. The van der Waals surface area contributed by atoms with Crippen LogP contribution in [-0.4, -0.2) is 24.2 Å². The van der Waals surface area contributed by atoms with Crippen molar-refractivity contribution in [2.24, 2.45) is 0 Å². The molecule has 0 unspecified atom stereocenters. The van der Waals surface area contributed by atoms with Gasteiger partial charge >= 0.3 is 5.97 Å². The van der Waals surface area contributed by atoms with Crippen LogP contribution in [0.3, 0.4) is 0 Å². The number of hydrogen-bond acceptors (Lipinski definition) is 3. The first-order chi connectivity index (χ1) is 11.2. The van der Waals surface area contributed by atoms with Crippen molar-refractivity contribution in [2.45, 2.75) is 6.42 Å². The third-order valence-corrected chi connectivity index (χ3v) is 3.45. The van der Waals surface area contributed by atoms with Gasteiger partial charge in [-0.05, 0) is 23.8 Å². The van der Waals surface area contributed by atoms with Gasteiger partial charge in [-0.1, -0.05) is 30.3 Å². The van der Waals surface area contributed by atoms with E-state index in [0.717, 1.165) is 16.5 Å². The van der Waals surface area contributed by atoms with E-state index in [2.05, 4.69) is 4.98 Å². The third-order valence-electron chi connectivity index (χ3n) is 3.45. The van der Waals surface area contributed by atoms with Crippen LogP contribution < -0.4 is 4.74 Å². The van der Waals surface area contributed by atoms with Gasteiger partial charge in [-0.2, -0.15) is 0 Å². The Balaban J connectivity index is 1.48. The van der Waals surface area contributed by atoms with Gasteiger partial charge in [0, 0.05) is 17.1 Å². The Bertz CT molecular complexity index is 813. The van der Waals surface area contributed by atoms with Crippen LogP contribution in [0.1, 0.15) is 5.56 Å². The van der Waals surface area contributed by atoms with Crippen LogP contribution in [0.4, 0.5) is 4.39 Å². The fraction of sp³-hybridized carbons (Fsp3) is 0.167. The fourth-order valence-corrected chi connectivity index (χ4v) is 2.35. The quantitative estimate of drug-likeness (QED) is 0.560. The summed E-state index contributed by atoms with van der Waals surface area (Å²) in [6.45, 7) is 0.191. The van der Waals surface area contributed by atoms with Crippen LogP contribution in [0, 0.1) is 5.82 Å². The summed E-state index contributed by atoms with van der Waals surface area (Å²) in [6.07, 6.45) is 1.99. The highest BCUT2D eigenvalue weighted by molar-refractivity contribution is 5.87. The van der Waals surface area contributed by atoms with Gasteiger partial charge in [0.1, 0.15) is 13.2 Å². The molecule has 0 spiro atoms. The molecule has 5 heteroatoms. The number of ether oxygens (including phenoxy) is 2. The molecule has 23 heavy (non-hydrogen) atoms. The molecule has 118 valence electrons. The van der Waals surface area contributed by atoms with Gasteiger partial charge in [0.25, 0.3) is 0 Å². The molecule has 0 saturated carbocycles. The molecule has 0 amide bonds. The van der Waals surface area contributed by atoms with Crippen molar-refractivity contribution in [3.8, 4) is 5.75 Å². The Hall–Kier alpha value is -2.82. The fourth-order valence-electron chi connectivity index (χ4n) is 2.35. The Morgan fingerprint density at radius 3 is 2.70 bits per heavy atom. The second-order valence-electron chi connectivity index (χ2n) is 5.04. The number of hydrogen-bond donors (Lipinski definition) is 1. The summed E-state index contributed by atoms with van der Waals surface area (Å²) >= 11 is 0. The Labute approximate surface area is 132 Å². The Morgan fingerprint density at radius 2 is 1.83 bits per heavy atom. The monoisotopic (exact) mass is 313 g/mol. The molecular weight excluding hydrogens is 297 g/mol. The van der Waals surface area contributed by atoms with Crippen molar-refractivity contribution in [3.05, 3.63) is 66.1 Å². The largest absolute Gasteiger partial charge is 0.487 e. The smallest absolute Gasteiger partial charge is 0.310 e. The van der Waals surface area contributed by atoms with E-state index in [1.165, 1.54) is 12.1 Å². The summed E-state index contributed by atoms with van der Waals surface area (Å²) in [5.41, 5.74) is 1.87. The van der Waals surface area contributed by atoms with Crippen LogP contribution in [0.25, 0.3) is 10.9 Å². The van der Waals surface area contributed by atoms with E-state index in [0.29, 0.717) is 0 Å². The highest BCUT2D eigenvalue weighted by Crippen LogP contribution is 2.18. The highest BCUT2D eigenvalue weighted by Gasteiger charge is 2.10. The zero-order valence-corrected chi connectivity index (χ0v) is 12.4. The van der Waals surface area contributed by atoms with Crippen LogP contribution in [0.5, 0.6) is 5.75 Å². The van der Waals surface area contributed by atoms with Gasteiger partial charge in [0.2, 0.25) is 0 Å². The minimum atomic E-state index is -0.433. The average molecular weight is 313 g/mol. The van der Waals surface area contributed by atoms with Crippen LogP contribution in [0.15, 0.2) is 54.7 Å². The molecule has 3 rings (SSSR count). The van der Waals surface area contributed by atoms with Gasteiger partial charge in [-0.3, -0.25) is 4.79 Å². The maximum atomic E-state index is 13.3. The van der Waals surface area contributed by atoms with E-state index < -0.39 is 5.82 Å². The van der Waals surface area contributed by atoms with E-state index in [9.17, 15) is 9.18 Å². The number of benzene rings is 2. The normalized spacial score (nSPS) is 10.7. The molecule has 0 atom stereocenters. The molecule has 4 nitrogen and oxygen atoms in total. The topological polar surface area (TPSA) is 51.3 Å². The van der Waals surface area contributed by atoms with Gasteiger partial charge in [-0.25, -0.2) is 4.39 Å². The van der Waals surface area contributed by atoms with E-state index >= 15 is 0 Å². The minimum absolute atomic E-state index is 0.0789. The van der Waals surface area contributed by atoms with Crippen molar-refractivity contribution in [3.63, 3.8) is 0 Å². The number of nitrogens with one attached hydrogen (secondary N) is 1. The summed E-state index contributed by atoms with van der Waals surface area (Å²) in [5, 5.41) is 1.01. The molecule has 2 aromatic carbocycles. The first kappa shape index (κ1) is 15.1. The lowest BCUT2D eigenvalue weighted by atomic mass is 10.1. The number of fused-ring (bicyclic) bond motifs is 1. The van der Waals surface area contributed by atoms with Crippen molar-refractivity contribution in [1.29, 1.82) is 0 Å². The first-order valence-electron chi connectivity index (χ1n) is 7.32. The van der Waals surface area contributed by atoms with Crippen LogP contribution in [-0.2, 0) is 16.0 Å². The van der Waals surface area contributed by atoms with Gasteiger partial charge < -0.3 is 14.5 Å². The second-order valence-corrected chi connectivity index (χ2v) is 5.04. The zero-order valence-electron chi connectivity index (χ0n) is 12.4. The summed E-state index contributed by atoms with van der Waals surface area (Å²) in [6, 6.07) is 13.9. The standard InChI is InChI=1S/C18H16FNO3/c19-15-6-2-4-8-17(15)22-9-10-23-18(21)11-13-12-20-16-7-3-1-5-14(13)16/h1-8,12,20H,9-11H2. The molecule has 0 saturated heterocycles. The molecule has 0 aliphatic heterocycles. The summed E-state index contributed by atoms with van der Waals surface area (Å²) in [4.78, 5) is 15.0. The molecule has 0 fully saturated rings. The number of carbonyl (C=O) groups is 1. The predicted octanol–water partition coefficient (Wildman–Crippen LogP) is 3.47. The lowest BCUT2D eigenvalue weighted by Gasteiger charge is -2.07. The van der Waals surface area contributed by atoms with Crippen molar-refractivity contribution < 1.29 is 18.7 Å². The molecule has 1 aromatic heterocycles. The maximum Gasteiger partial charge on any atom is 0.310 e. The molecule has 0 aliphatic rings. The SMILES string of the molecule is O=C(Cc1c[nH]c2ccccc12)OCCOc1ccccc1F. The number of H-pyrrole nitrogens is 1. The highest BCUT2D eigenvalue weighted by atomic mass is 19.1. The summed E-state index contributed by atoms with van der Waals surface area (Å²) in [5.74, 6) is -0.621. The Morgan fingerprint density at radius 1 is 1.04 bits per heavy atom. The molecule has 1 heterocycles. The lowest BCUT2D eigenvalue weighted by molar-refractivity contribution is -0.143. The molecule has 3 aromatic rings. The predicted molar refractivity (Wildman–Crippen MR) is 84.9 cm³/mol. The molecule has 0 bridgehead atoms. The number of aromatic nitrogens is 1. The second kappa shape index (κ2) is 6.96. The number of carbonyl (C=O) groups excluding carboxylic acids is 1. The maximum absolute atomic E-state index is 13.3. The van der Waals surface area contributed by atoms with Crippen LogP contribution >= 0.6 is 0 Å². The molecular formula is C18H16FNO3. The minimum Gasteiger partial charge on any atom is -0.487 e. The molecule has 0 aliphatic carbocycles. The number of rotatable bonds is 6. The first-order valence-corrected chi connectivity index (χ1v) is 7.32. The third kappa shape index (κ3) is 3.69. The number of halogens is 1. The number of para-hydroxylation sites is 2. The van der Waals surface area contributed by atoms with Gasteiger partial charge in [-0.15, -0.1) is 0 Å². The van der Waals surface area contributed by atoms with E-state index in [4.69, 9.17) is 9.47 Å². The van der Waals surface area contributed by atoms with Crippen LogP contribution in [0.2, 0.25) is 0 Å². The van der Waals surface area contributed by atoms with E-state index in [1.54, 1.807) is 12.1 Å². The zero-order chi connectivity index (χ0) is 16.1. The lowest BCUT2D eigenvalue weighted by Crippen LogP contribution is -2.14. The summed E-state index contributed by atoms with van der Waals surface area (Å²) < 4.78 is 23.7. The molecule has 0 radical (unpaired) electrons.